The highest BCUT2D eigenvalue weighted by Crippen LogP contribution is 1.70. The van der Waals surface area contributed by atoms with Gasteiger partial charge >= 0.3 is 6.09 Å². The number of carbonyl (C=O) groups is 1. The van der Waals surface area contributed by atoms with Crippen molar-refractivity contribution >= 4 is 17.5 Å². The third kappa shape index (κ3) is 5.58. The third-order valence-corrected chi connectivity index (χ3v) is 0.693. The Bertz CT molecular complexity index is 73.3. The summed E-state index contributed by atoms with van der Waals surface area (Å²) in [7, 11) is 0. The van der Waals surface area contributed by atoms with E-state index in [-0.39, 0.29) is 0 Å². The minimum Gasteiger partial charge on any atom is -0.593 e. The van der Waals surface area contributed by atoms with Gasteiger partial charge in [-0.1, -0.05) is 0 Å². The molecule has 2 N–H and O–H groups in total. The first-order valence-electron chi connectivity index (χ1n) is 1.46. The van der Waals surface area contributed by atoms with Gasteiger partial charge in [0, 0.05) is 0 Å². The molecule has 0 aromatic heterocycles. The van der Waals surface area contributed by atoms with E-state index in [2.05, 4.69) is 0 Å². The Morgan fingerprint density at radius 2 is 2.43 bits per heavy atom. The molecular weight excluding hydrogens is 118 g/mol. The molecule has 0 saturated carbocycles. The Morgan fingerprint density at radius 3 is 2.43 bits per heavy atom. The fraction of sp³-hybridized carbons (Fsp3) is 0.500. The average molecular weight is 123 g/mol. The topological polar surface area (TPSA) is 72.4 Å². The Labute approximate surface area is 43.8 Å². The smallest absolute Gasteiger partial charge is 0.446 e. The first-order valence-corrected chi connectivity index (χ1v) is 3.01. The van der Waals surface area contributed by atoms with Gasteiger partial charge in [0.15, 0.2) is 0 Å². The monoisotopic (exact) mass is 123 g/mol. The van der Waals surface area contributed by atoms with Crippen LogP contribution in [-0.2, 0) is 11.4 Å². The van der Waals surface area contributed by atoms with Crippen LogP contribution in [0.1, 0.15) is 0 Å². The van der Waals surface area contributed by atoms with Crippen LogP contribution in [0.25, 0.3) is 0 Å². The molecule has 1 amide bonds. The predicted molar refractivity (Wildman–Crippen MR) is 25.2 cm³/mol. The van der Waals surface area contributed by atoms with Gasteiger partial charge in [-0.3, -0.25) is 0 Å². The van der Waals surface area contributed by atoms with Crippen molar-refractivity contribution in [1.29, 1.82) is 0 Å². The lowest BCUT2D eigenvalue weighted by Crippen LogP contribution is -2.27. The van der Waals surface area contributed by atoms with E-state index >= 15 is 0 Å². The van der Waals surface area contributed by atoms with Gasteiger partial charge in [0.25, 0.3) is 0 Å². The number of hydrogen-bond acceptors (Lipinski definition) is 2. The molecule has 0 spiro atoms. The first-order chi connectivity index (χ1) is 3.13. The van der Waals surface area contributed by atoms with Crippen LogP contribution >= 0.6 is 0 Å². The van der Waals surface area contributed by atoms with Gasteiger partial charge in [0.2, 0.25) is 0 Å². The zero-order valence-electron chi connectivity index (χ0n) is 3.67. The summed E-state index contributed by atoms with van der Waals surface area (Å²) in [5.74, 6) is 0. The lowest BCUT2D eigenvalue weighted by atomic mass is 11.3. The molecule has 0 aliphatic heterocycles. The van der Waals surface area contributed by atoms with Crippen molar-refractivity contribution in [3.63, 3.8) is 0 Å². The van der Waals surface area contributed by atoms with Crippen LogP contribution in [0.15, 0.2) is 0 Å². The lowest BCUT2D eigenvalue weighted by Gasteiger charge is -1.98. The maximum absolute atomic E-state index is 9.87. The van der Waals surface area contributed by atoms with Gasteiger partial charge in [0.05, 0.1) is 11.4 Å². The van der Waals surface area contributed by atoms with Crippen molar-refractivity contribution in [2.24, 2.45) is 0 Å². The normalized spacial score (nSPS) is 12.9. The van der Waals surface area contributed by atoms with Gasteiger partial charge in [0.1, 0.15) is 6.26 Å². The zero-order valence-corrected chi connectivity index (χ0v) is 4.49. The van der Waals surface area contributed by atoms with Crippen LogP contribution in [0, 0.1) is 0 Å². The molecule has 0 saturated heterocycles. The van der Waals surface area contributed by atoms with Crippen LogP contribution in [0.2, 0.25) is 0 Å². The predicted octanol–water partition coefficient (Wildman–Crippen LogP) is -0.452. The summed E-state index contributed by atoms with van der Waals surface area (Å²) in [6.45, 7) is 0. The van der Waals surface area contributed by atoms with E-state index in [1.807, 2.05) is 0 Å². The number of nitrogens with one attached hydrogen (secondary N) is 1. The number of amides is 1. The van der Waals surface area contributed by atoms with Gasteiger partial charge in [-0.2, -0.15) is 0 Å². The van der Waals surface area contributed by atoms with E-state index in [0.29, 0.717) is 0 Å². The quantitative estimate of drug-likeness (QED) is 0.464. The third-order valence-electron chi connectivity index (χ3n) is 0.231. The van der Waals surface area contributed by atoms with Gasteiger partial charge in [-0.05, 0) is 0 Å². The van der Waals surface area contributed by atoms with E-state index in [1.54, 1.807) is 4.72 Å². The summed E-state index contributed by atoms with van der Waals surface area (Å²) in [6, 6.07) is 0. The molecule has 0 rings (SSSR count). The second kappa shape index (κ2) is 2.70. The molecule has 0 fully saturated rings. The molecule has 0 heterocycles. The van der Waals surface area contributed by atoms with Crippen LogP contribution in [0.4, 0.5) is 4.79 Å². The second-order valence-corrected chi connectivity index (χ2v) is 1.97. The molecule has 0 aliphatic rings. The second-order valence-electron chi connectivity index (χ2n) is 0.861. The number of hydrogen-bond donors (Lipinski definition) is 2. The Kier molecular flexibility index (Phi) is 2.54. The fourth-order valence-electron chi connectivity index (χ4n) is 0.123. The highest BCUT2D eigenvalue weighted by molar-refractivity contribution is 7.89. The van der Waals surface area contributed by atoms with Crippen molar-refractivity contribution in [3.8, 4) is 0 Å². The summed E-state index contributed by atoms with van der Waals surface area (Å²) >= 11 is -1.45. The van der Waals surface area contributed by atoms with Crippen molar-refractivity contribution < 1.29 is 14.5 Å². The average Bonchev–Trinajstić information content (AvgIpc) is 1.27. The lowest BCUT2D eigenvalue weighted by molar-refractivity contribution is 0.201. The highest BCUT2D eigenvalue weighted by atomic mass is 32.2. The van der Waals surface area contributed by atoms with Gasteiger partial charge in [-0.25, -0.2) is 4.79 Å². The van der Waals surface area contributed by atoms with E-state index in [4.69, 9.17) is 5.11 Å². The molecule has 42 valence electrons. The number of rotatable bonds is 1. The Morgan fingerprint density at radius 1 is 2.00 bits per heavy atom. The Balaban J connectivity index is 3.13. The molecule has 4 nitrogen and oxygen atoms in total. The van der Waals surface area contributed by atoms with Crippen LogP contribution in [-0.4, -0.2) is 22.0 Å². The first kappa shape index (κ1) is 6.58. The summed E-state index contributed by atoms with van der Waals surface area (Å²) in [6.07, 6.45) is -0.0190. The van der Waals surface area contributed by atoms with E-state index in [1.165, 1.54) is 6.26 Å². The fourth-order valence-corrected chi connectivity index (χ4v) is 0.369. The molecule has 1 atom stereocenters. The summed E-state index contributed by atoms with van der Waals surface area (Å²) in [5, 5.41) is 7.78. The largest absolute Gasteiger partial charge is 0.593 e. The van der Waals surface area contributed by atoms with E-state index < -0.39 is 17.5 Å². The molecule has 0 bridgehead atoms. The number of carboxylic acid groups (broad SMARTS) is 1. The summed E-state index contributed by atoms with van der Waals surface area (Å²) in [5.41, 5.74) is 0. The van der Waals surface area contributed by atoms with Crippen molar-refractivity contribution in [1.82, 2.24) is 4.72 Å². The van der Waals surface area contributed by atoms with E-state index in [9.17, 15) is 9.35 Å². The molecule has 0 aliphatic carbocycles. The van der Waals surface area contributed by atoms with Crippen LogP contribution in [0.5, 0.6) is 0 Å². The highest BCUT2D eigenvalue weighted by Gasteiger charge is 1.99. The zero-order chi connectivity index (χ0) is 5.86. The summed E-state index contributed by atoms with van der Waals surface area (Å²) < 4.78 is 11.6. The maximum atomic E-state index is 9.87. The molecule has 5 heteroatoms. The van der Waals surface area contributed by atoms with Crippen LogP contribution in [0.3, 0.4) is 0 Å². The van der Waals surface area contributed by atoms with Crippen molar-refractivity contribution in [3.05, 3.63) is 0 Å². The molecular formula is C2H5NO3S. The Hall–Kier alpha value is -0.420. The molecule has 0 aromatic rings. The molecule has 0 radical (unpaired) electrons. The molecule has 0 aromatic carbocycles. The minimum atomic E-state index is -1.45. The van der Waals surface area contributed by atoms with Crippen LogP contribution < -0.4 is 4.72 Å². The molecule has 1 unspecified atom stereocenters. The SMILES string of the molecule is C[S+]([O-])NC(=O)O. The van der Waals surface area contributed by atoms with Crippen molar-refractivity contribution in [2.75, 3.05) is 6.26 Å². The van der Waals surface area contributed by atoms with Crippen molar-refractivity contribution in [2.45, 2.75) is 0 Å². The minimum absolute atomic E-state index is 1.24. The summed E-state index contributed by atoms with van der Waals surface area (Å²) in [4.78, 5) is 9.51. The van der Waals surface area contributed by atoms with Gasteiger partial charge < -0.3 is 9.66 Å². The molecule has 7 heavy (non-hydrogen) atoms. The van der Waals surface area contributed by atoms with Gasteiger partial charge in [-0.15, -0.1) is 4.72 Å². The standard InChI is InChI=1S/C2H5NO3S/c1-7(6)3-2(4)5/h3H,1H3,(H,4,5). The van der Waals surface area contributed by atoms with E-state index in [0.717, 1.165) is 0 Å². The maximum Gasteiger partial charge on any atom is 0.446 e.